The van der Waals surface area contributed by atoms with Crippen LogP contribution in [0.1, 0.15) is 36.2 Å². The van der Waals surface area contributed by atoms with Gasteiger partial charge in [-0.05, 0) is 38.2 Å². The van der Waals surface area contributed by atoms with Gasteiger partial charge in [0.15, 0.2) is 5.82 Å². The Morgan fingerprint density at radius 2 is 2.04 bits per heavy atom. The highest BCUT2D eigenvalue weighted by Crippen LogP contribution is 2.45. The summed E-state index contributed by atoms with van der Waals surface area (Å²) in [5, 5.41) is 0.589. The van der Waals surface area contributed by atoms with E-state index in [1.807, 2.05) is 32.1 Å². The van der Waals surface area contributed by atoms with Gasteiger partial charge in [0.2, 0.25) is 11.9 Å². The van der Waals surface area contributed by atoms with Crippen LogP contribution in [0.3, 0.4) is 0 Å². The molecule has 3 heterocycles. The lowest BCUT2D eigenvalue weighted by molar-refractivity contribution is 0.333. The quantitative estimate of drug-likeness (QED) is 0.864. The maximum atomic E-state index is 6.51. The van der Waals surface area contributed by atoms with Gasteiger partial charge < -0.3 is 15.5 Å². The molecule has 8 heteroatoms. The number of fused-ring (bicyclic) bond motifs is 2. The molecule has 2 aromatic heterocycles. The minimum atomic E-state index is 0.0260. The molecule has 2 N–H and O–H groups in total. The highest BCUT2D eigenvalue weighted by Gasteiger charge is 2.44. The molecule has 26 heavy (non-hydrogen) atoms. The van der Waals surface area contributed by atoms with Crippen molar-refractivity contribution in [1.29, 1.82) is 0 Å². The fourth-order valence-corrected chi connectivity index (χ4v) is 4.44. The van der Waals surface area contributed by atoms with Crippen molar-refractivity contribution in [3.63, 3.8) is 0 Å². The first kappa shape index (κ1) is 17.3. The number of piperidine rings is 1. The molecular formula is C18H24ClN7. The molecule has 0 amide bonds. The van der Waals surface area contributed by atoms with Crippen molar-refractivity contribution in [1.82, 2.24) is 19.9 Å². The number of hydrogen-bond acceptors (Lipinski definition) is 7. The molecule has 0 bridgehead atoms. The van der Waals surface area contributed by atoms with Crippen LogP contribution in [0.25, 0.3) is 0 Å². The van der Waals surface area contributed by atoms with Crippen molar-refractivity contribution in [3.8, 4) is 0 Å². The summed E-state index contributed by atoms with van der Waals surface area (Å²) in [5.41, 5.74) is 9.08. The Morgan fingerprint density at radius 1 is 1.23 bits per heavy atom. The molecule has 1 aliphatic heterocycles. The van der Waals surface area contributed by atoms with Gasteiger partial charge in [0, 0.05) is 38.8 Å². The van der Waals surface area contributed by atoms with E-state index in [0.29, 0.717) is 5.02 Å². The monoisotopic (exact) mass is 373 g/mol. The zero-order chi connectivity index (χ0) is 18.5. The Balaban J connectivity index is 1.72. The number of nitrogens with zero attached hydrogens (tertiary/aromatic N) is 6. The summed E-state index contributed by atoms with van der Waals surface area (Å²) in [7, 11) is 3.95. The Kier molecular flexibility index (Phi) is 4.14. The van der Waals surface area contributed by atoms with Crippen LogP contribution in [0, 0.1) is 6.92 Å². The molecule has 7 nitrogen and oxygen atoms in total. The van der Waals surface area contributed by atoms with E-state index in [2.05, 4.69) is 19.9 Å². The van der Waals surface area contributed by atoms with E-state index in [4.69, 9.17) is 22.3 Å². The molecule has 0 radical (unpaired) electrons. The van der Waals surface area contributed by atoms with Crippen molar-refractivity contribution >= 4 is 29.3 Å². The topological polar surface area (TPSA) is 84.1 Å². The summed E-state index contributed by atoms with van der Waals surface area (Å²) < 4.78 is 0. The van der Waals surface area contributed by atoms with Gasteiger partial charge in [0.1, 0.15) is 5.02 Å². The first-order chi connectivity index (χ1) is 12.4. The smallest absolute Gasteiger partial charge is 0.225 e. The number of nitrogen functional groups attached to an aromatic ring is 1. The van der Waals surface area contributed by atoms with Crippen LogP contribution in [-0.2, 0) is 11.8 Å². The van der Waals surface area contributed by atoms with Crippen LogP contribution in [0.15, 0.2) is 6.20 Å². The highest BCUT2D eigenvalue weighted by molar-refractivity contribution is 6.33. The van der Waals surface area contributed by atoms with E-state index >= 15 is 0 Å². The van der Waals surface area contributed by atoms with Gasteiger partial charge in [-0.3, -0.25) is 0 Å². The van der Waals surface area contributed by atoms with E-state index in [1.54, 1.807) is 0 Å². The maximum Gasteiger partial charge on any atom is 0.225 e. The Labute approximate surface area is 158 Å². The van der Waals surface area contributed by atoms with Crippen LogP contribution in [0.2, 0.25) is 5.02 Å². The minimum Gasteiger partial charge on any atom is -0.368 e. The molecule has 1 atom stereocenters. The highest BCUT2D eigenvalue weighted by atomic mass is 35.5. The first-order valence-corrected chi connectivity index (χ1v) is 9.36. The number of anilines is 3. The molecule has 1 fully saturated rings. The molecule has 0 saturated carbocycles. The van der Waals surface area contributed by atoms with Crippen molar-refractivity contribution in [2.45, 2.75) is 38.0 Å². The molecule has 2 aliphatic rings. The van der Waals surface area contributed by atoms with E-state index in [0.717, 1.165) is 56.2 Å². The molecule has 2 aromatic rings. The fourth-order valence-electron chi connectivity index (χ4n) is 4.23. The molecule has 0 aromatic carbocycles. The van der Waals surface area contributed by atoms with Gasteiger partial charge in [-0.15, -0.1) is 0 Å². The minimum absolute atomic E-state index is 0.0260. The lowest BCUT2D eigenvalue weighted by atomic mass is 9.77. The molecular weight excluding hydrogens is 350 g/mol. The Bertz CT molecular complexity index is 850. The molecule has 1 aliphatic carbocycles. The van der Waals surface area contributed by atoms with Crippen LogP contribution in [-0.4, -0.2) is 47.1 Å². The third-order valence-electron chi connectivity index (χ3n) is 5.52. The molecule has 1 spiro atoms. The van der Waals surface area contributed by atoms with E-state index in [1.165, 1.54) is 11.3 Å². The van der Waals surface area contributed by atoms with E-state index in [-0.39, 0.29) is 11.4 Å². The largest absolute Gasteiger partial charge is 0.368 e. The van der Waals surface area contributed by atoms with Gasteiger partial charge in [-0.1, -0.05) is 11.6 Å². The number of aromatic nitrogens is 4. The normalized spacial score (nSPS) is 21.9. The van der Waals surface area contributed by atoms with Crippen LogP contribution in [0.5, 0.6) is 0 Å². The molecule has 1 unspecified atom stereocenters. The average molecular weight is 374 g/mol. The lowest BCUT2D eigenvalue weighted by Gasteiger charge is -2.41. The summed E-state index contributed by atoms with van der Waals surface area (Å²) in [6.07, 6.45) is 6.29. The third-order valence-corrected chi connectivity index (χ3v) is 5.96. The maximum absolute atomic E-state index is 6.51. The second-order valence-electron chi connectivity index (χ2n) is 7.55. The van der Waals surface area contributed by atoms with Gasteiger partial charge >= 0.3 is 0 Å². The number of hydrogen-bond donors (Lipinski definition) is 1. The molecule has 1 saturated heterocycles. The second-order valence-corrected chi connectivity index (χ2v) is 7.93. The van der Waals surface area contributed by atoms with Crippen molar-refractivity contribution in [2.75, 3.05) is 42.7 Å². The Morgan fingerprint density at radius 3 is 2.81 bits per heavy atom. The zero-order valence-corrected chi connectivity index (χ0v) is 16.2. The third kappa shape index (κ3) is 2.74. The zero-order valence-electron chi connectivity index (χ0n) is 15.5. The summed E-state index contributed by atoms with van der Waals surface area (Å²) in [6.45, 7) is 3.63. The predicted molar refractivity (Wildman–Crippen MR) is 104 cm³/mol. The van der Waals surface area contributed by atoms with E-state index < -0.39 is 0 Å². The molecule has 138 valence electrons. The van der Waals surface area contributed by atoms with Gasteiger partial charge in [0.05, 0.1) is 11.4 Å². The molecule has 4 rings (SSSR count). The number of nitrogens with two attached hydrogens (primary N) is 1. The first-order valence-electron chi connectivity index (χ1n) is 8.98. The Hall–Kier alpha value is -2.15. The number of rotatable bonds is 2. The average Bonchev–Trinajstić information content (AvgIpc) is 2.95. The number of aryl methyl sites for hydroxylation is 2. The van der Waals surface area contributed by atoms with E-state index in [9.17, 15) is 0 Å². The summed E-state index contributed by atoms with van der Waals surface area (Å²) in [6, 6.07) is 0. The second kappa shape index (κ2) is 6.23. The van der Waals surface area contributed by atoms with Gasteiger partial charge in [-0.2, -0.15) is 4.98 Å². The SMILES string of the molecule is Cc1nc(N)nc(N2CCCC3(CCc4cnc(N(C)C)nc43)C2)c1Cl. The van der Waals surface area contributed by atoms with Crippen molar-refractivity contribution < 1.29 is 0 Å². The number of halogens is 1. The predicted octanol–water partition coefficient (Wildman–Crippen LogP) is 2.36. The van der Waals surface area contributed by atoms with Gasteiger partial charge in [-0.25, -0.2) is 15.0 Å². The summed E-state index contributed by atoms with van der Waals surface area (Å²) >= 11 is 6.51. The fraction of sp³-hybridized carbons (Fsp3) is 0.556. The van der Waals surface area contributed by atoms with Crippen LogP contribution >= 0.6 is 11.6 Å². The summed E-state index contributed by atoms with van der Waals surface area (Å²) in [4.78, 5) is 22.2. The standard InChI is InChI=1S/C18H24ClN7/c1-11-13(19)15(24-16(20)22-11)26-8-4-6-18(10-26)7-5-12-9-21-17(25(2)3)23-14(12)18/h9H,4-8,10H2,1-3H3,(H2,20,22,24). The van der Waals surface area contributed by atoms with Crippen molar-refractivity contribution in [2.24, 2.45) is 0 Å². The van der Waals surface area contributed by atoms with Crippen molar-refractivity contribution in [3.05, 3.63) is 28.2 Å². The van der Waals surface area contributed by atoms with Gasteiger partial charge in [0.25, 0.3) is 0 Å². The van der Waals surface area contributed by atoms with Crippen LogP contribution in [0.4, 0.5) is 17.7 Å². The summed E-state index contributed by atoms with van der Waals surface area (Å²) in [5.74, 6) is 1.78. The van der Waals surface area contributed by atoms with Crippen LogP contribution < -0.4 is 15.5 Å². The lowest BCUT2D eigenvalue weighted by Crippen LogP contribution is -2.46.